The molecule has 2 aromatic carbocycles. The van der Waals surface area contributed by atoms with Gasteiger partial charge in [0.2, 0.25) is 0 Å². The Labute approximate surface area is 153 Å². The zero-order valence-corrected chi connectivity index (χ0v) is 14.3. The topological polar surface area (TPSA) is 67.2 Å². The van der Waals surface area contributed by atoms with E-state index in [0.29, 0.717) is 11.3 Å². The Kier molecular flexibility index (Phi) is 5.16. The number of rotatable bonds is 4. The Bertz CT molecular complexity index is 920. The van der Waals surface area contributed by atoms with Gasteiger partial charge in [-0.1, -0.05) is 59.8 Å². The number of alkyl halides is 3. The van der Waals surface area contributed by atoms with Crippen LogP contribution in [0, 0.1) is 6.92 Å². The van der Waals surface area contributed by atoms with Crippen LogP contribution in [0.3, 0.4) is 0 Å². The summed E-state index contributed by atoms with van der Waals surface area (Å²) in [5.74, 6) is 0.272. The monoisotopic (exact) mass is 375 g/mol. The van der Waals surface area contributed by atoms with Crippen molar-refractivity contribution in [1.29, 1.82) is 0 Å². The maximum Gasteiger partial charge on any atom is 0.405 e. The molecule has 0 spiro atoms. The molecule has 0 aliphatic rings. The quantitative estimate of drug-likeness (QED) is 0.674. The van der Waals surface area contributed by atoms with Crippen LogP contribution >= 0.6 is 0 Å². The van der Waals surface area contributed by atoms with Crippen LogP contribution in [-0.2, 0) is 0 Å². The first-order valence-electron chi connectivity index (χ1n) is 8.07. The number of hydrogen-bond acceptors (Lipinski definition) is 3. The third-order valence-electron chi connectivity index (χ3n) is 3.80. The molecule has 0 unspecified atom stereocenters. The van der Waals surface area contributed by atoms with Gasteiger partial charge in [-0.05, 0) is 18.1 Å². The van der Waals surface area contributed by atoms with E-state index in [1.807, 2.05) is 42.5 Å². The number of nitrogens with zero attached hydrogens (tertiary/aromatic N) is 1. The molecule has 1 aromatic heterocycles. The predicted molar refractivity (Wildman–Crippen MR) is 95.2 cm³/mol. The molecule has 5 nitrogen and oxygen atoms in total. The van der Waals surface area contributed by atoms with Crippen LogP contribution in [0.1, 0.15) is 5.69 Å². The molecule has 3 aromatic rings. The first-order chi connectivity index (χ1) is 12.8. The molecule has 3 rings (SSSR count). The molecule has 0 aliphatic carbocycles. The first-order valence-corrected chi connectivity index (χ1v) is 8.07. The van der Waals surface area contributed by atoms with E-state index in [2.05, 4.69) is 10.5 Å². The molecule has 0 saturated carbocycles. The second-order valence-corrected chi connectivity index (χ2v) is 5.84. The van der Waals surface area contributed by atoms with E-state index in [1.165, 1.54) is 0 Å². The number of carbonyl (C=O) groups is 1. The van der Waals surface area contributed by atoms with Crippen molar-refractivity contribution in [3.05, 3.63) is 60.3 Å². The van der Waals surface area contributed by atoms with Gasteiger partial charge in [-0.25, -0.2) is 4.79 Å². The number of halogens is 3. The van der Waals surface area contributed by atoms with Crippen LogP contribution in [0.15, 0.2) is 59.1 Å². The number of carbonyl (C=O) groups excluding carboxylic acids is 1. The van der Waals surface area contributed by atoms with Crippen molar-refractivity contribution in [2.45, 2.75) is 13.1 Å². The number of amides is 2. The molecule has 0 atom stereocenters. The Morgan fingerprint density at radius 3 is 2.22 bits per heavy atom. The lowest BCUT2D eigenvalue weighted by Crippen LogP contribution is -2.36. The third kappa shape index (κ3) is 4.66. The van der Waals surface area contributed by atoms with Crippen molar-refractivity contribution in [1.82, 2.24) is 10.5 Å². The highest BCUT2D eigenvalue weighted by molar-refractivity contribution is 5.94. The van der Waals surface area contributed by atoms with Gasteiger partial charge in [-0.2, -0.15) is 13.2 Å². The molecule has 0 aliphatic heterocycles. The van der Waals surface area contributed by atoms with Crippen LogP contribution in [0.25, 0.3) is 22.5 Å². The predicted octanol–water partition coefficient (Wildman–Crippen LogP) is 5.00. The summed E-state index contributed by atoms with van der Waals surface area (Å²) in [7, 11) is 0. The minimum absolute atomic E-state index is 0.224. The zero-order valence-electron chi connectivity index (χ0n) is 14.3. The Balaban J connectivity index is 1.79. The van der Waals surface area contributed by atoms with Crippen molar-refractivity contribution < 1.29 is 22.5 Å². The van der Waals surface area contributed by atoms with Gasteiger partial charge in [0.05, 0.1) is 0 Å². The summed E-state index contributed by atoms with van der Waals surface area (Å²) >= 11 is 0. The van der Waals surface area contributed by atoms with E-state index in [-0.39, 0.29) is 11.4 Å². The van der Waals surface area contributed by atoms with Gasteiger partial charge in [0.1, 0.15) is 17.9 Å². The Morgan fingerprint density at radius 2 is 1.59 bits per heavy atom. The summed E-state index contributed by atoms with van der Waals surface area (Å²) in [6.07, 6.45) is -4.49. The molecule has 140 valence electrons. The van der Waals surface area contributed by atoms with Crippen LogP contribution in [0.5, 0.6) is 0 Å². The summed E-state index contributed by atoms with van der Waals surface area (Å²) < 4.78 is 41.9. The molecular weight excluding hydrogens is 359 g/mol. The van der Waals surface area contributed by atoms with Gasteiger partial charge in [0, 0.05) is 5.56 Å². The van der Waals surface area contributed by atoms with Gasteiger partial charge in [-0.15, -0.1) is 0 Å². The SMILES string of the molecule is Cc1noc(-c2ccc(-c3ccccc3)cc2)c1NC(=O)NCC(F)(F)F. The molecule has 0 fully saturated rings. The molecule has 1 heterocycles. The average molecular weight is 375 g/mol. The normalized spacial score (nSPS) is 11.3. The highest BCUT2D eigenvalue weighted by Gasteiger charge is 2.28. The molecule has 2 amide bonds. The third-order valence-corrected chi connectivity index (χ3v) is 3.80. The second kappa shape index (κ2) is 7.53. The van der Waals surface area contributed by atoms with Crippen molar-refractivity contribution in [2.75, 3.05) is 11.9 Å². The molecule has 0 radical (unpaired) electrons. The van der Waals surface area contributed by atoms with Gasteiger partial charge < -0.3 is 15.2 Å². The molecule has 27 heavy (non-hydrogen) atoms. The lowest BCUT2D eigenvalue weighted by molar-refractivity contribution is -0.122. The largest absolute Gasteiger partial charge is 0.405 e. The summed E-state index contributed by atoms with van der Waals surface area (Å²) in [6.45, 7) is 0.162. The Morgan fingerprint density at radius 1 is 1.00 bits per heavy atom. The van der Waals surface area contributed by atoms with Gasteiger partial charge in [-0.3, -0.25) is 0 Å². The van der Waals surface area contributed by atoms with E-state index >= 15 is 0 Å². The Hall–Kier alpha value is -3.29. The van der Waals surface area contributed by atoms with Crippen LogP contribution in [-0.4, -0.2) is 23.9 Å². The summed E-state index contributed by atoms with van der Waals surface area (Å²) in [4.78, 5) is 11.7. The van der Waals surface area contributed by atoms with E-state index in [0.717, 1.165) is 11.1 Å². The molecule has 8 heteroatoms. The number of anilines is 1. The first kappa shape index (κ1) is 18.5. The molecular formula is C19H16F3N3O2. The van der Waals surface area contributed by atoms with Crippen molar-refractivity contribution in [2.24, 2.45) is 0 Å². The maximum atomic E-state index is 12.2. The summed E-state index contributed by atoms with van der Waals surface area (Å²) in [6, 6.07) is 16.1. The van der Waals surface area contributed by atoms with E-state index in [1.54, 1.807) is 24.4 Å². The number of aromatic nitrogens is 1. The van der Waals surface area contributed by atoms with E-state index in [9.17, 15) is 18.0 Å². The van der Waals surface area contributed by atoms with Crippen LogP contribution in [0.2, 0.25) is 0 Å². The average Bonchev–Trinajstić information content (AvgIpc) is 3.01. The number of nitrogens with one attached hydrogen (secondary N) is 2. The number of benzene rings is 2. The van der Waals surface area contributed by atoms with E-state index in [4.69, 9.17) is 4.52 Å². The second-order valence-electron chi connectivity index (χ2n) is 5.84. The molecule has 2 N–H and O–H groups in total. The lowest BCUT2D eigenvalue weighted by Gasteiger charge is -2.10. The van der Waals surface area contributed by atoms with Crippen LogP contribution in [0.4, 0.5) is 23.7 Å². The van der Waals surface area contributed by atoms with E-state index < -0.39 is 18.8 Å². The number of urea groups is 1. The minimum Gasteiger partial charge on any atom is -0.354 e. The van der Waals surface area contributed by atoms with Gasteiger partial charge in [0.15, 0.2) is 5.76 Å². The standard InChI is InChI=1S/C19H16F3N3O2/c1-12-16(24-18(26)23-11-19(20,21)22)17(27-25-12)15-9-7-14(8-10-15)13-5-3-2-4-6-13/h2-10H,11H2,1H3,(H2,23,24,26). The molecule has 0 saturated heterocycles. The van der Waals surface area contributed by atoms with Gasteiger partial charge in [0.25, 0.3) is 0 Å². The maximum absolute atomic E-state index is 12.2. The summed E-state index contributed by atoms with van der Waals surface area (Å²) in [5, 5.41) is 7.92. The van der Waals surface area contributed by atoms with Crippen LogP contribution < -0.4 is 10.6 Å². The lowest BCUT2D eigenvalue weighted by atomic mass is 10.0. The highest BCUT2D eigenvalue weighted by atomic mass is 19.4. The molecule has 0 bridgehead atoms. The van der Waals surface area contributed by atoms with Crippen molar-refractivity contribution in [3.63, 3.8) is 0 Å². The zero-order chi connectivity index (χ0) is 19.4. The van der Waals surface area contributed by atoms with Crippen molar-refractivity contribution in [3.8, 4) is 22.5 Å². The van der Waals surface area contributed by atoms with Crippen molar-refractivity contribution >= 4 is 11.7 Å². The number of aryl methyl sites for hydroxylation is 1. The fraction of sp³-hybridized carbons (Fsp3) is 0.158. The smallest absolute Gasteiger partial charge is 0.354 e. The summed E-state index contributed by atoms with van der Waals surface area (Å²) in [5.41, 5.74) is 3.26. The number of hydrogen-bond donors (Lipinski definition) is 2. The minimum atomic E-state index is -4.49. The highest BCUT2D eigenvalue weighted by Crippen LogP contribution is 2.32. The fourth-order valence-electron chi connectivity index (χ4n) is 2.50. The van der Waals surface area contributed by atoms with Gasteiger partial charge >= 0.3 is 12.2 Å². The fourth-order valence-corrected chi connectivity index (χ4v) is 2.50.